The predicted octanol–water partition coefficient (Wildman–Crippen LogP) is 1.56. The van der Waals surface area contributed by atoms with Crippen LogP contribution in [0.2, 0.25) is 0 Å². The van der Waals surface area contributed by atoms with Crippen molar-refractivity contribution >= 4 is 22.5 Å². The summed E-state index contributed by atoms with van der Waals surface area (Å²) in [7, 11) is 4.87. The molecule has 0 fully saturated rings. The Morgan fingerprint density at radius 1 is 1.23 bits per heavy atom. The molecule has 3 rings (SSSR count). The van der Waals surface area contributed by atoms with Crippen molar-refractivity contribution in [2.24, 2.45) is 0 Å². The fourth-order valence-electron chi connectivity index (χ4n) is 2.30. The number of aromatic nitrogens is 2. The third kappa shape index (κ3) is 2.18. The molecule has 0 aliphatic carbocycles. The molecule has 1 amide bonds. The lowest BCUT2D eigenvalue weighted by Gasteiger charge is -2.11. The van der Waals surface area contributed by atoms with E-state index in [1.807, 2.05) is 0 Å². The molecule has 0 saturated heterocycles. The minimum atomic E-state index is -0.229. The van der Waals surface area contributed by atoms with Crippen LogP contribution in [-0.4, -0.2) is 41.4 Å². The lowest BCUT2D eigenvalue weighted by atomic mass is 10.2. The van der Waals surface area contributed by atoms with Gasteiger partial charge < -0.3 is 9.64 Å². The van der Waals surface area contributed by atoms with Crippen LogP contribution in [0, 0.1) is 0 Å². The number of benzene rings is 1. The standard InChI is InChI=1S/C16H15N3O3/c1-18(2)15(20)10-4-7-14-17-13-6-5-11(22-3)8-12(13)16(21)19(14)9-10/h4-9H,1-3H3. The van der Waals surface area contributed by atoms with E-state index in [1.54, 1.807) is 51.5 Å². The molecule has 3 aromatic rings. The summed E-state index contributed by atoms with van der Waals surface area (Å²) in [5, 5.41) is 0.450. The zero-order valence-electron chi connectivity index (χ0n) is 12.5. The first-order valence-electron chi connectivity index (χ1n) is 6.73. The van der Waals surface area contributed by atoms with Gasteiger partial charge in [-0.05, 0) is 30.3 Å². The maximum atomic E-state index is 12.6. The number of rotatable bonds is 2. The third-order valence-electron chi connectivity index (χ3n) is 3.47. The van der Waals surface area contributed by atoms with E-state index in [4.69, 9.17) is 4.74 Å². The molecular formula is C16H15N3O3. The number of amides is 1. The van der Waals surface area contributed by atoms with Gasteiger partial charge in [-0.2, -0.15) is 0 Å². The van der Waals surface area contributed by atoms with Crippen molar-refractivity contribution in [3.05, 3.63) is 52.4 Å². The summed E-state index contributed by atoms with van der Waals surface area (Å²) in [6, 6.07) is 8.49. The highest BCUT2D eigenvalue weighted by molar-refractivity contribution is 5.94. The van der Waals surface area contributed by atoms with Crippen molar-refractivity contribution in [2.45, 2.75) is 0 Å². The largest absolute Gasteiger partial charge is 0.497 e. The molecule has 6 nitrogen and oxygen atoms in total. The maximum absolute atomic E-state index is 12.6. The van der Waals surface area contributed by atoms with Crippen LogP contribution in [0.15, 0.2) is 41.3 Å². The van der Waals surface area contributed by atoms with Crippen LogP contribution in [-0.2, 0) is 0 Å². The summed E-state index contributed by atoms with van der Waals surface area (Å²) >= 11 is 0. The van der Waals surface area contributed by atoms with E-state index < -0.39 is 0 Å². The second-order valence-electron chi connectivity index (χ2n) is 5.15. The Bertz CT molecular complexity index is 944. The Morgan fingerprint density at radius 3 is 2.68 bits per heavy atom. The van der Waals surface area contributed by atoms with Crippen LogP contribution in [0.4, 0.5) is 0 Å². The van der Waals surface area contributed by atoms with Gasteiger partial charge in [0.05, 0.1) is 23.6 Å². The van der Waals surface area contributed by atoms with E-state index in [0.29, 0.717) is 27.9 Å². The number of methoxy groups -OCH3 is 1. The van der Waals surface area contributed by atoms with Crippen molar-refractivity contribution in [1.82, 2.24) is 14.3 Å². The first kappa shape index (κ1) is 14.1. The Labute approximate surface area is 126 Å². The van der Waals surface area contributed by atoms with Crippen LogP contribution in [0.3, 0.4) is 0 Å². The highest BCUT2D eigenvalue weighted by Gasteiger charge is 2.11. The molecule has 0 spiro atoms. The number of pyridine rings is 1. The molecule has 0 atom stereocenters. The average Bonchev–Trinajstić information content (AvgIpc) is 2.53. The molecule has 1 aromatic carbocycles. The zero-order chi connectivity index (χ0) is 15.9. The van der Waals surface area contributed by atoms with E-state index in [1.165, 1.54) is 15.5 Å². The normalized spacial score (nSPS) is 10.9. The third-order valence-corrected chi connectivity index (χ3v) is 3.47. The lowest BCUT2D eigenvalue weighted by Crippen LogP contribution is -2.23. The molecule has 0 aliphatic rings. The van der Waals surface area contributed by atoms with E-state index in [9.17, 15) is 9.59 Å². The van der Waals surface area contributed by atoms with Crippen LogP contribution in [0.1, 0.15) is 10.4 Å². The Hall–Kier alpha value is -2.89. The van der Waals surface area contributed by atoms with Crippen LogP contribution in [0.25, 0.3) is 16.6 Å². The van der Waals surface area contributed by atoms with Gasteiger partial charge in [-0.1, -0.05) is 0 Å². The Kier molecular flexibility index (Phi) is 3.29. The van der Waals surface area contributed by atoms with Gasteiger partial charge in [0.2, 0.25) is 0 Å². The maximum Gasteiger partial charge on any atom is 0.265 e. The van der Waals surface area contributed by atoms with E-state index >= 15 is 0 Å². The highest BCUT2D eigenvalue weighted by Crippen LogP contribution is 2.17. The van der Waals surface area contributed by atoms with Crippen molar-refractivity contribution in [2.75, 3.05) is 21.2 Å². The quantitative estimate of drug-likeness (QED) is 0.673. The van der Waals surface area contributed by atoms with Crippen LogP contribution < -0.4 is 10.3 Å². The average molecular weight is 297 g/mol. The summed E-state index contributed by atoms with van der Waals surface area (Å²) in [5.74, 6) is 0.423. The predicted molar refractivity (Wildman–Crippen MR) is 83.5 cm³/mol. The monoisotopic (exact) mass is 297 g/mol. The van der Waals surface area contributed by atoms with E-state index in [-0.39, 0.29) is 11.5 Å². The van der Waals surface area contributed by atoms with Gasteiger partial charge in [0.15, 0.2) is 0 Å². The van der Waals surface area contributed by atoms with Gasteiger partial charge in [0.25, 0.3) is 11.5 Å². The summed E-state index contributed by atoms with van der Waals surface area (Å²) in [5.41, 5.74) is 1.30. The Balaban J connectivity index is 2.31. The fraction of sp³-hybridized carbons (Fsp3) is 0.188. The number of hydrogen-bond acceptors (Lipinski definition) is 4. The number of ether oxygens (including phenoxy) is 1. The molecule has 0 bridgehead atoms. The number of carbonyl (C=O) groups excluding carboxylic acids is 1. The van der Waals surface area contributed by atoms with Crippen LogP contribution in [0.5, 0.6) is 5.75 Å². The van der Waals surface area contributed by atoms with Gasteiger partial charge in [-0.3, -0.25) is 14.0 Å². The van der Waals surface area contributed by atoms with Gasteiger partial charge in [0.1, 0.15) is 11.4 Å². The molecule has 112 valence electrons. The van der Waals surface area contributed by atoms with Crippen molar-refractivity contribution in [3.8, 4) is 5.75 Å². The first-order valence-corrected chi connectivity index (χ1v) is 6.73. The Morgan fingerprint density at radius 2 is 2.00 bits per heavy atom. The number of fused-ring (bicyclic) bond motifs is 2. The van der Waals surface area contributed by atoms with Gasteiger partial charge in [-0.15, -0.1) is 0 Å². The van der Waals surface area contributed by atoms with E-state index in [0.717, 1.165) is 0 Å². The molecular weight excluding hydrogens is 282 g/mol. The second-order valence-corrected chi connectivity index (χ2v) is 5.15. The van der Waals surface area contributed by atoms with Crippen molar-refractivity contribution in [1.29, 1.82) is 0 Å². The molecule has 0 N–H and O–H groups in total. The van der Waals surface area contributed by atoms with E-state index in [2.05, 4.69) is 4.98 Å². The first-order chi connectivity index (χ1) is 10.5. The van der Waals surface area contributed by atoms with Gasteiger partial charge in [-0.25, -0.2) is 4.98 Å². The smallest absolute Gasteiger partial charge is 0.265 e. The minimum absolute atomic E-state index is 0.167. The number of hydrogen-bond donors (Lipinski definition) is 0. The lowest BCUT2D eigenvalue weighted by molar-refractivity contribution is 0.0827. The molecule has 0 unspecified atom stereocenters. The molecule has 6 heteroatoms. The second kappa shape index (κ2) is 5.14. The molecule has 0 radical (unpaired) electrons. The fourth-order valence-corrected chi connectivity index (χ4v) is 2.30. The van der Waals surface area contributed by atoms with Crippen molar-refractivity contribution in [3.63, 3.8) is 0 Å². The summed E-state index contributed by atoms with van der Waals surface area (Å²) in [6.45, 7) is 0. The molecule has 2 aromatic heterocycles. The highest BCUT2D eigenvalue weighted by atomic mass is 16.5. The zero-order valence-corrected chi connectivity index (χ0v) is 12.5. The summed E-state index contributed by atoms with van der Waals surface area (Å²) < 4.78 is 6.53. The summed E-state index contributed by atoms with van der Waals surface area (Å²) in [6.07, 6.45) is 1.52. The minimum Gasteiger partial charge on any atom is -0.497 e. The molecule has 2 heterocycles. The van der Waals surface area contributed by atoms with Gasteiger partial charge in [0, 0.05) is 20.3 Å². The SMILES string of the molecule is COc1ccc2nc3ccc(C(=O)N(C)C)cn3c(=O)c2c1. The van der Waals surface area contributed by atoms with Gasteiger partial charge >= 0.3 is 0 Å². The number of carbonyl (C=O) groups is 1. The topological polar surface area (TPSA) is 63.9 Å². The van der Waals surface area contributed by atoms with Crippen LogP contribution >= 0.6 is 0 Å². The number of nitrogens with zero attached hydrogens (tertiary/aromatic N) is 3. The van der Waals surface area contributed by atoms with Crippen molar-refractivity contribution < 1.29 is 9.53 Å². The molecule has 0 aliphatic heterocycles. The summed E-state index contributed by atoms with van der Waals surface area (Å²) in [4.78, 5) is 30.6. The molecule has 0 saturated carbocycles. The molecule has 22 heavy (non-hydrogen) atoms.